The summed E-state index contributed by atoms with van der Waals surface area (Å²) >= 11 is 1.75. The Labute approximate surface area is 135 Å². The molecule has 2 heterocycles. The van der Waals surface area contributed by atoms with Gasteiger partial charge in [-0.1, -0.05) is 13.0 Å². The molecule has 120 valence electrons. The summed E-state index contributed by atoms with van der Waals surface area (Å²) in [5.41, 5.74) is 0. The number of amides is 3. The fourth-order valence-corrected chi connectivity index (χ4v) is 3.78. The van der Waals surface area contributed by atoms with Crippen LogP contribution in [0.4, 0.5) is 4.79 Å². The maximum absolute atomic E-state index is 12.0. The smallest absolute Gasteiger partial charge is 0.315 e. The largest absolute Gasteiger partial charge is 0.338 e. The number of hydrogen-bond donors (Lipinski definition) is 2. The molecule has 0 spiro atoms. The molecule has 1 saturated heterocycles. The normalized spacial score (nSPS) is 22.7. The monoisotopic (exact) mass is 321 g/mol. The average Bonchev–Trinajstić information content (AvgIpc) is 3.07. The predicted octanol–water partition coefficient (Wildman–Crippen LogP) is 1.99. The Morgan fingerprint density at radius 3 is 3.00 bits per heavy atom. The predicted molar refractivity (Wildman–Crippen MR) is 86.9 cm³/mol. The number of nitrogens with zero attached hydrogens (tertiary/aromatic N) is 1. The first-order valence-corrected chi connectivity index (χ1v) is 8.86. The number of likely N-dealkylation sites (tertiary alicyclic amines) is 1. The molecule has 2 fully saturated rings. The van der Waals surface area contributed by atoms with E-state index in [-0.39, 0.29) is 18.0 Å². The van der Waals surface area contributed by atoms with Crippen molar-refractivity contribution in [2.75, 3.05) is 13.1 Å². The van der Waals surface area contributed by atoms with Gasteiger partial charge in [0.1, 0.15) is 0 Å². The highest BCUT2D eigenvalue weighted by Crippen LogP contribution is 2.30. The number of hydrogen-bond acceptors (Lipinski definition) is 3. The molecule has 0 unspecified atom stereocenters. The van der Waals surface area contributed by atoms with Gasteiger partial charge in [0.25, 0.3) is 0 Å². The zero-order chi connectivity index (χ0) is 15.5. The average molecular weight is 321 g/mol. The van der Waals surface area contributed by atoms with Crippen molar-refractivity contribution in [3.63, 3.8) is 0 Å². The molecule has 1 aromatic rings. The van der Waals surface area contributed by atoms with E-state index in [1.54, 1.807) is 11.3 Å². The molecule has 0 radical (unpaired) electrons. The van der Waals surface area contributed by atoms with Crippen LogP contribution in [-0.2, 0) is 11.2 Å². The lowest BCUT2D eigenvalue weighted by Crippen LogP contribution is -2.44. The summed E-state index contributed by atoms with van der Waals surface area (Å²) in [6.45, 7) is 3.45. The number of thiophene rings is 1. The van der Waals surface area contributed by atoms with Gasteiger partial charge >= 0.3 is 6.03 Å². The van der Waals surface area contributed by atoms with Crippen molar-refractivity contribution in [2.45, 2.75) is 44.7 Å². The molecule has 6 heteroatoms. The molecule has 0 bridgehead atoms. The van der Waals surface area contributed by atoms with Gasteiger partial charge in [-0.3, -0.25) is 4.79 Å². The molecule has 2 aliphatic rings. The third-order valence-electron chi connectivity index (χ3n) is 4.22. The maximum Gasteiger partial charge on any atom is 0.315 e. The number of urea groups is 1. The van der Waals surface area contributed by atoms with Crippen molar-refractivity contribution in [1.29, 1.82) is 0 Å². The third-order valence-corrected chi connectivity index (χ3v) is 5.12. The van der Waals surface area contributed by atoms with Crippen LogP contribution in [0, 0.1) is 5.92 Å². The minimum Gasteiger partial charge on any atom is -0.338 e. The minimum absolute atomic E-state index is 0.0410. The summed E-state index contributed by atoms with van der Waals surface area (Å²) in [7, 11) is 0. The van der Waals surface area contributed by atoms with Crippen LogP contribution >= 0.6 is 11.3 Å². The first-order valence-electron chi connectivity index (χ1n) is 7.98. The van der Waals surface area contributed by atoms with Crippen molar-refractivity contribution >= 4 is 23.3 Å². The molecule has 3 rings (SSSR count). The van der Waals surface area contributed by atoms with Gasteiger partial charge in [0.15, 0.2) is 0 Å². The van der Waals surface area contributed by atoms with Gasteiger partial charge in [0.05, 0.1) is 6.04 Å². The van der Waals surface area contributed by atoms with E-state index in [4.69, 9.17) is 0 Å². The molecule has 22 heavy (non-hydrogen) atoms. The Morgan fingerprint density at radius 1 is 1.50 bits per heavy atom. The van der Waals surface area contributed by atoms with Gasteiger partial charge in [-0.05, 0) is 36.6 Å². The summed E-state index contributed by atoms with van der Waals surface area (Å²) in [6, 6.07) is 4.41. The van der Waals surface area contributed by atoms with Crippen molar-refractivity contribution < 1.29 is 9.59 Å². The van der Waals surface area contributed by atoms with E-state index in [9.17, 15) is 9.59 Å². The number of carbonyl (C=O) groups excluding carboxylic acids is 2. The lowest BCUT2D eigenvalue weighted by Gasteiger charge is -2.17. The first kappa shape index (κ1) is 15.3. The fourth-order valence-electron chi connectivity index (χ4n) is 2.92. The lowest BCUT2D eigenvalue weighted by atomic mass is 10.1. The summed E-state index contributed by atoms with van der Waals surface area (Å²) in [5.74, 6) is 0.580. The second-order valence-corrected chi connectivity index (χ2v) is 7.45. The molecule has 1 saturated carbocycles. The second kappa shape index (κ2) is 6.69. The van der Waals surface area contributed by atoms with Gasteiger partial charge in [-0.25, -0.2) is 4.79 Å². The van der Waals surface area contributed by atoms with Crippen LogP contribution in [0.2, 0.25) is 0 Å². The van der Waals surface area contributed by atoms with E-state index in [2.05, 4.69) is 35.1 Å². The van der Waals surface area contributed by atoms with E-state index in [0.717, 1.165) is 19.3 Å². The summed E-state index contributed by atoms with van der Waals surface area (Å²) in [5, 5.41) is 7.92. The van der Waals surface area contributed by atoms with E-state index in [1.165, 1.54) is 4.88 Å². The van der Waals surface area contributed by atoms with E-state index < -0.39 is 0 Å². The highest BCUT2D eigenvalue weighted by molar-refractivity contribution is 7.09. The SMILES string of the molecule is C[C@H](CNC(=O)N[C@@H]1CC(=O)N(C2CC2)C1)Cc1cccs1. The highest BCUT2D eigenvalue weighted by atomic mass is 32.1. The Bertz CT molecular complexity index is 528. The summed E-state index contributed by atoms with van der Waals surface area (Å²) in [6.07, 6.45) is 3.65. The zero-order valence-electron chi connectivity index (χ0n) is 12.9. The standard InChI is InChI=1S/C16H23N3O2S/c1-11(7-14-3-2-6-22-14)9-17-16(21)18-12-8-15(20)19(10-12)13-4-5-13/h2-3,6,11-13H,4-5,7-10H2,1H3,(H2,17,18,21)/t11-,12+/m0/s1. The molecule has 2 N–H and O–H groups in total. The minimum atomic E-state index is -0.159. The number of carbonyl (C=O) groups is 2. The van der Waals surface area contributed by atoms with Crippen molar-refractivity contribution in [2.24, 2.45) is 5.92 Å². The first-order chi connectivity index (χ1) is 10.6. The van der Waals surface area contributed by atoms with Gasteiger partial charge in [-0.2, -0.15) is 0 Å². The van der Waals surface area contributed by atoms with Crippen molar-refractivity contribution in [3.8, 4) is 0 Å². The van der Waals surface area contributed by atoms with E-state index in [0.29, 0.717) is 31.5 Å². The van der Waals surface area contributed by atoms with E-state index >= 15 is 0 Å². The van der Waals surface area contributed by atoms with Gasteiger partial charge in [-0.15, -0.1) is 11.3 Å². The summed E-state index contributed by atoms with van der Waals surface area (Å²) < 4.78 is 0. The maximum atomic E-state index is 12.0. The van der Waals surface area contributed by atoms with Crippen LogP contribution in [-0.4, -0.2) is 42.0 Å². The van der Waals surface area contributed by atoms with Gasteiger partial charge < -0.3 is 15.5 Å². The molecule has 1 aliphatic heterocycles. The van der Waals surface area contributed by atoms with Crippen LogP contribution < -0.4 is 10.6 Å². The lowest BCUT2D eigenvalue weighted by molar-refractivity contribution is -0.128. The quantitative estimate of drug-likeness (QED) is 0.842. The van der Waals surface area contributed by atoms with Crippen LogP contribution in [0.25, 0.3) is 0 Å². The number of rotatable bonds is 6. The topological polar surface area (TPSA) is 61.4 Å². The molecule has 1 aromatic heterocycles. The third kappa shape index (κ3) is 4.00. The Morgan fingerprint density at radius 2 is 2.32 bits per heavy atom. The molecule has 0 aromatic carbocycles. The van der Waals surface area contributed by atoms with E-state index in [1.807, 2.05) is 4.90 Å². The van der Waals surface area contributed by atoms with Crippen LogP contribution in [0.15, 0.2) is 17.5 Å². The van der Waals surface area contributed by atoms with Crippen molar-refractivity contribution in [1.82, 2.24) is 15.5 Å². The molecule has 1 aliphatic carbocycles. The van der Waals surface area contributed by atoms with Crippen LogP contribution in [0.5, 0.6) is 0 Å². The highest BCUT2D eigenvalue weighted by Gasteiger charge is 2.39. The van der Waals surface area contributed by atoms with Crippen LogP contribution in [0.1, 0.15) is 31.1 Å². The Kier molecular flexibility index (Phi) is 4.66. The van der Waals surface area contributed by atoms with Crippen LogP contribution in [0.3, 0.4) is 0 Å². The summed E-state index contributed by atoms with van der Waals surface area (Å²) in [4.78, 5) is 27.1. The fraction of sp³-hybridized carbons (Fsp3) is 0.625. The zero-order valence-corrected chi connectivity index (χ0v) is 13.7. The Balaban J connectivity index is 1.36. The van der Waals surface area contributed by atoms with Gasteiger partial charge in [0, 0.05) is 30.4 Å². The second-order valence-electron chi connectivity index (χ2n) is 6.42. The molecular formula is C16H23N3O2S. The molecule has 2 atom stereocenters. The van der Waals surface area contributed by atoms with Gasteiger partial charge in [0.2, 0.25) is 5.91 Å². The van der Waals surface area contributed by atoms with Crippen molar-refractivity contribution in [3.05, 3.63) is 22.4 Å². The molecule has 3 amide bonds. The molecular weight excluding hydrogens is 298 g/mol. The number of nitrogens with one attached hydrogen (secondary N) is 2. The Hall–Kier alpha value is -1.56. The molecule has 5 nitrogen and oxygen atoms in total.